The molecule has 1 aromatic rings. The molecule has 7 heteroatoms. The van der Waals surface area contributed by atoms with Gasteiger partial charge in [0.25, 0.3) is 5.91 Å². The third kappa shape index (κ3) is 4.16. The van der Waals surface area contributed by atoms with Crippen molar-refractivity contribution in [3.63, 3.8) is 0 Å². The summed E-state index contributed by atoms with van der Waals surface area (Å²) in [6.07, 6.45) is 1.47. The minimum Gasteiger partial charge on any atom is -0.355 e. The molecular weight excluding hydrogens is 272 g/mol. The van der Waals surface area contributed by atoms with Gasteiger partial charge >= 0.3 is 0 Å². The zero-order valence-electron chi connectivity index (χ0n) is 12.1. The second-order valence-corrected chi connectivity index (χ2v) is 4.96. The summed E-state index contributed by atoms with van der Waals surface area (Å²) in [5, 5.41) is 2.76. The Hall–Kier alpha value is -2.15. The number of aromatic nitrogens is 1. The predicted molar refractivity (Wildman–Crippen MR) is 78.1 cm³/mol. The van der Waals surface area contributed by atoms with Crippen LogP contribution in [0.3, 0.4) is 0 Å². The van der Waals surface area contributed by atoms with E-state index >= 15 is 0 Å². The lowest BCUT2D eigenvalue weighted by atomic mass is 10.2. The third-order valence-electron chi connectivity index (χ3n) is 3.42. The average Bonchev–Trinajstić information content (AvgIpc) is 2.47. The Bertz CT molecular complexity index is 561. The van der Waals surface area contributed by atoms with Crippen molar-refractivity contribution >= 4 is 11.8 Å². The van der Waals surface area contributed by atoms with E-state index in [0.717, 1.165) is 0 Å². The minimum absolute atomic E-state index is 0.00636. The van der Waals surface area contributed by atoms with Gasteiger partial charge in [0.1, 0.15) is 0 Å². The lowest BCUT2D eigenvalue weighted by Crippen LogP contribution is -2.51. The van der Waals surface area contributed by atoms with Crippen molar-refractivity contribution in [2.24, 2.45) is 0 Å². The van der Waals surface area contributed by atoms with Gasteiger partial charge in [-0.05, 0) is 13.0 Å². The topological polar surface area (TPSA) is 85.5 Å². The van der Waals surface area contributed by atoms with Gasteiger partial charge in [0, 0.05) is 50.6 Å². The first kappa shape index (κ1) is 15.2. The van der Waals surface area contributed by atoms with Gasteiger partial charge in [-0.2, -0.15) is 0 Å². The number of rotatable bonds is 4. The highest BCUT2D eigenvalue weighted by atomic mass is 16.2. The van der Waals surface area contributed by atoms with E-state index in [0.29, 0.717) is 44.8 Å². The summed E-state index contributed by atoms with van der Waals surface area (Å²) in [7, 11) is 0. The molecule has 0 saturated carbocycles. The van der Waals surface area contributed by atoms with Gasteiger partial charge in [-0.3, -0.25) is 19.3 Å². The van der Waals surface area contributed by atoms with Crippen LogP contribution >= 0.6 is 0 Å². The number of nitrogens with one attached hydrogen (secondary N) is 2. The zero-order valence-corrected chi connectivity index (χ0v) is 12.1. The van der Waals surface area contributed by atoms with E-state index in [4.69, 9.17) is 0 Å². The number of hydrogen-bond acceptors (Lipinski definition) is 4. The van der Waals surface area contributed by atoms with Crippen molar-refractivity contribution in [3.8, 4) is 0 Å². The second-order valence-electron chi connectivity index (χ2n) is 4.96. The van der Waals surface area contributed by atoms with Crippen LogP contribution in [0.15, 0.2) is 23.1 Å². The van der Waals surface area contributed by atoms with E-state index < -0.39 is 0 Å². The molecule has 1 aliphatic heterocycles. The molecule has 0 aliphatic carbocycles. The lowest BCUT2D eigenvalue weighted by molar-refractivity contribution is -0.122. The number of carbonyl (C=O) groups is 2. The molecule has 0 spiro atoms. The quantitative estimate of drug-likeness (QED) is 0.766. The predicted octanol–water partition coefficient (Wildman–Crippen LogP) is -0.731. The van der Waals surface area contributed by atoms with Gasteiger partial charge in [-0.15, -0.1) is 0 Å². The van der Waals surface area contributed by atoms with Gasteiger partial charge < -0.3 is 15.2 Å². The molecule has 0 bridgehead atoms. The summed E-state index contributed by atoms with van der Waals surface area (Å²) in [6.45, 7) is 5.31. The molecular formula is C14H20N4O3. The Balaban J connectivity index is 1.87. The van der Waals surface area contributed by atoms with Crippen LogP contribution in [0.5, 0.6) is 0 Å². The molecule has 1 saturated heterocycles. The average molecular weight is 292 g/mol. The molecule has 0 radical (unpaired) electrons. The van der Waals surface area contributed by atoms with Crippen LogP contribution < -0.4 is 10.9 Å². The first-order valence-corrected chi connectivity index (χ1v) is 7.07. The highest BCUT2D eigenvalue weighted by Crippen LogP contribution is 2.07. The van der Waals surface area contributed by atoms with E-state index in [2.05, 4.69) is 10.3 Å². The molecule has 7 nitrogen and oxygen atoms in total. The number of amides is 2. The zero-order chi connectivity index (χ0) is 15.2. The van der Waals surface area contributed by atoms with Crippen LogP contribution in [-0.2, 0) is 4.79 Å². The van der Waals surface area contributed by atoms with Crippen LogP contribution in [0.2, 0.25) is 0 Å². The van der Waals surface area contributed by atoms with Crippen molar-refractivity contribution < 1.29 is 9.59 Å². The smallest absolute Gasteiger partial charge is 0.254 e. The maximum Gasteiger partial charge on any atom is 0.254 e. The molecule has 114 valence electrons. The van der Waals surface area contributed by atoms with E-state index in [9.17, 15) is 14.4 Å². The number of aromatic amines is 1. The number of hydrogen-bond donors (Lipinski definition) is 2. The van der Waals surface area contributed by atoms with Crippen LogP contribution in [0.25, 0.3) is 0 Å². The molecule has 2 heterocycles. The van der Waals surface area contributed by atoms with Gasteiger partial charge in [0.2, 0.25) is 11.5 Å². The number of piperazine rings is 1. The Morgan fingerprint density at radius 3 is 2.62 bits per heavy atom. The standard InChI is InChI=1S/C14H20N4O3/c1-2-15-13(20)10-17-5-7-18(8-6-17)14(21)11-3-4-16-12(19)9-11/h3-4,9H,2,5-8,10H2,1H3,(H,15,20)(H,16,19). The Morgan fingerprint density at radius 1 is 1.29 bits per heavy atom. The monoisotopic (exact) mass is 292 g/mol. The second kappa shape index (κ2) is 7.03. The lowest BCUT2D eigenvalue weighted by Gasteiger charge is -2.34. The maximum atomic E-state index is 12.3. The molecule has 2 amide bonds. The van der Waals surface area contributed by atoms with Crippen molar-refractivity contribution in [2.45, 2.75) is 6.92 Å². The molecule has 0 unspecified atom stereocenters. The van der Waals surface area contributed by atoms with Crippen LogP contribution in [0.1, 0.15) is 17.3 Å². The number of H-pyrrole nitrogens is 1. The molecule has 2 N–H and O–H groups in total. The fraction of sp³-hybridized carbons (Fsp3) is 0.500. The molecule has 1 fully saturated rings. The van der Waals surface area contributed by atoms with Gasteiger partial charge in [0.05, 0.1) is 6.54 Å². The highest BCUT2D eigenvalue weighted by molar-refractivity contribution is 5.94. The Kier molecular flexibility index (Phi) is 5.10. The normalized spacial score (nSPS) is 15.8. The molecule has 1 aliphatic rings. The first-order chi connectivity index (χ1) is 10.1. The summed E-state index contributed by atoms with van der Waals surface area (Å²) < 4.78 is 0. The van der Waals surface area contributed by atoms with E-state index in [1.165, 1.54) is 12.3 Å². The first-order valence-electron chi connectivity index (χ1n) is 7.07. The molecule has 2 rings (SSSR count). The Labute approximate surface area is 122 Å². The highest BCUT2D eigenvalue weighted by Gasteiger charge is 2.23. The number of nitrogens with zero attached hydrogens (tertiary/aromatic N) is 2. The largest absolute Gasteiger partial charge is 0.355 e. The molecule has 1 aromatic heterocycles. The summed E-state index contributed by atoms with van der Waals surface area (Å²) in [4.78, 5) is 41.2. The van der Waals surface area contributed by atoms with E-state index in [1.807, 2.05) is 11.8 Å². The SMILES string of the molecule is CCNC(=O)CN1CCN(C(=O)c2cc[nH]c(=O)c2)CC1. The third-order valence-corrected chi connectivity index (χ3v) is 3.42. The van der Waals surface area contributed by atoms with Gasteiger partial charge in [-0.1, -0.05) is 0 Å². The number of likely N-dealkylation sites (N-methyl/N-ethyl adjacent to an activating group) is 1. The van der Waals surface area contributed by atoms with Crippen molar-refractivity contribution in [1.82, 2.24) is 20.1 Å². The molecule has 0 aromatic carbocycles. The molecule has 21 heavy (non-hydrogen) atoms. The summed E-state index contributed by atoms with van der Waals surface area (Å²) in [5.41, 5.74) is 0.117. The number of carbonyl (C=O) groups excluding carboxylic acids is 2. The van der Waals surface area contributed by atoms with Crippen molar-refractivity contribution in [2.75, 3.05) is 39.3 Å². The fourth-order valence-electron chi connectivity index (χ4n) is 2.33. The van der Waals surface area contributed by atoms with Crippen molar-refractivity contribution in [1.29, 1.82) is 0 Å². The Morgan fingerprint density at radius 2 is 2.00 bits per heavy atom. The van der Waals surface area contributed by atoms with E-state index in [-0.39, 0.29) is 17.4 Å². The van der Waals surface area contributed by atoms with E-state index in [1.54, 1.807) is 11.0 Å². The summed E-state index contributed by atoms with van der Waals surface area (Å²) in [6, 6.07) is 2.91. The van der Waals surface area contributed by atoms with Crippen LogP contribution in [0, 0.1) is 0 Å². The minimum atomic E-state index is -0.282. The van der Waals surface area contributed by atoms with Gasteiger partial charge in [-0.25, -0.2) is 0 Å². The van der Waals surface area contributed by atoms with Crippen molar-refractivity contribution in [3.05, 3.63) is 34.2 Å². The van der Waals surface area contributed by atoms with Crippen LogP contribution in [-0.4, -0.2) is 65.9 Å². The van der Waals surface area contributed by atoms with Crippen LogP contribution in [0.4, 0.5) is 0 Å². The summed E-state index contributed by atoms with van der Waals surface area (Å²) in [5.74, 6) is -0.134. The number of pyridine rings is 1. The fourth-order valence-corrected chi connectivity index (χ4v) is 2.33. The maximum absolute atomic E-state index is 12.3. The van der Waals surface area contributed by atoms with Gasteiger partial charge in [0.15, 0.2) is 0 Å². The molecule has 0 atom stereocenters. The summed E-state index contributed by atoms with van der Waals surface area (Å²) >= 11 is 0.